The summed E-state index contributed by atoms with van der Waals surface area (Å²) in [4.78, 5) is 27.3. The number of thiazole rings is 1. The number of benzene rings is 1. The third-order valence-corrected chi connectivity index (χ3v) is 3.93. The summed E-state index contributed by atoms with van der Waals surface area (Å²) in [6, 6.07) is 6.85. The fourth-order valence-corrected chi connectivity index (χ4v) is 2.75. The predicted molar refractivity (Wildman–Crippen MR) is 101 cm³/mol. The molecule has 0 saturated heterocycles. The van der Waals surface area contributed by atoms with Crippen molar-refractivity contribution in [3.8, 4) is 11.3 Å². The van der Waals surface area contributed by atoms with Gasteiger partial charge in [-0.1, -0.05) is 25.5 Å². The zero-order valence-corrected chi connectivity index (χ0v) is 15.2. The van der Waals surface area contributed by atoms with E-state index in [-0.39, 0.29) is 24.2 Å². The van der Waals surface area contributed by atoms with Crippen LogP contribution in [0.3, 0.4) is 0 Å². The molecule has 1 aromatic carbocycles. The Morgan fingerprint density at radius 2 is 1.92 bits per heavy atom. The third kappa shape index (κ3) is 5.59. The first-order chi connectivity index (χ1) is 11.0. The van der Waals surface area contributed by atoms with E-state index in [1.165, 1.54) is 18.3 Å². The maximum atomic E-state index is 11.9. The molecule has 2 aromatic rings. The Labute approximate surface area is 151 Å². The topological polar surface area (TPSA) is 97.1 Å². The van der Waals surface area contributed by atoms with Crippen molar-refractivity contribution in [2.24, 2.45) is 5.73 Å². The molecule has 0 saturated carbocycles. The molecule has 0 bridgehead atoms. The number of hydrogen-bond acceptors (Lipinski definition) is 5. The Morgan fingerprint density at radius 1 is 1.25 bits per heavy atom. The summed E-state index contributed by atoms with van der Waals surface area (Å²) in [6.07, 6.45) is 1.51. The first-order valence-corrected chi connectivity index (χ1v) is 8.27. The zero-order chi connectivity index (χ0) is 16.8. The molecule has 6 nitrogen and oxygen atoms in total. The van der Waals surface area contributed by atoms with Crippen LogP contribution in [-0.2, 0) is 9.59 Å². The molecule has 2 amide bonds. The molecule has 0 spiro atoms. The Bertz CT molecular complexity index is 688. The van der Waals surface area contributed by atoms with Crippen molar-refractivity contribution in [3.05, 3.63) is 29.6 Å². The van der Waals surface area contributed by atoms with Crippen molar-refractivity contribution < 1.29 is 9.59 Å². The van der Waals surface area contributed by atoms with E-state index in [2.05, 4.69) is 15.6 Å². The van der Waals surface area contributed by atoms with E-state index in [0.717, 1.165) is 23.4 Å². The average Bonchev–Trinajstić information content (AvgIpc) is 2.96. The number of anilines is 2. The summed E-state index contributed by atoms with van der Waals surface area (Å²) < 4.78 is 0. The van der Waals surface area contributed by atoms with Crippen LogP contribution in [0.1, 0.15) is 26.7 Å². The molecule has 1 heterocycles. The van der Waals surface area contributed by atoms with E-state index in [1.807, 2.05) is 36.6 Å². The molecule has 2 rings (SSSR count). The minimum absolute atomic E-state index is 0. The van der Waals surface area contributed by atoms with Gasteiger partial charge in [0.15, 0.2) is 5.13 Å². The number of nitrogens with one attached hydrogen (secondary N) is 2. The van der Waals surface area contributed by atoms with Crippen molar-refractivity contribution in [3.63, 3.8) is 0 Å². The fraction of sp³-hybridized carbons (Fsp3) is 0.312. The van der Waals surface area contributed by atoms with Crippen molar-refractivity contribution in [2.45, 2.75) is 32.7 Å². The first-order valence-electron chi connectivity index (χ1n) is 7.39. The minimum atomic E-state index is -0.510. The molecule has 1 aromatic heterocycles. The number of nitrogens with two attached hydrogens (primary N) is 1. The maximum absolute atomic E-state index is 11.9. The van der Waals surface area contributed by atoms with Gasteiger partial charge in [0.2, 0.25) is 11.8 Å². The number of carbonyl (C=O) groups is 2. The molecule has 0 aliphatic rings. The Morgan fingerprint density at radius 3 is 2.50 bits per heavy atom. The lowest BCUT2D eigenvalue weighted by molar-refractivity contribution is -0.117. The van der Waals surface area contributed by atoms with Crippen LogP contribution in [0.4, 0.5) is 10.8 Å². The van der Waals surface area contributed by atoms with Gasteiger partial charge >= 0.3 is 0 Å². The number of nitrogens with zero attached hydrogens (tertiary/aromatic N) is 1. The van der Waals surface area contributed by atoms with Crippen LogP contribution >= 0.6 is 23.7 Å². The van der Waals surface area contributed by atoms with E-state index in [9.17, 15) is 9.59 Å². The van der Waals surface area contributed by atoms with E-state index in [4.69, 9.17) is 5.73 Å². The van der Waals surface area contributed by atoms with Crippen LogP contribution in [-0.4, -0.2) is 22.8 Å². The normalized spacial score (nSPS) is 11.3. The lowest BCUT2D eigenvalue weighted by Crippen LogP contribution is -2.35. The van der Waals surface area contributed by atoms with Crippen molar-refractivity contribution >= 4 is 46.4 Å². The number of halogens is 1. The quantitative estimate of drug-likeness (QED) is 0.728. The molecule has 0 aliphatic heterocycles. The van der Waals surface area contributed by atoms with Gasteiger partial charge in [0.05, 0.1) is 11.7 Å². The lowest BCUT2D eigenvalue weighted by atomic mass is 10.1. The van der Waals surface area contributed by atoms with Crippen LogP contribution in [0.2, 0.25) is 0 Å². The summed E-state index contributed by atoms with van der Waals surface area (Å²) in [5, 5.41) is 7.85. The van der Waals surface area contributed by atoms with Crippen molar-refractivity contribution in [1.29, 1.82) is 0 Å². The van der Waals surface area contributed by atoms with Gasteiger partial charge < -0.3 is 16.4 Å². The second-order valence-corrected chi connectivity index (χ2v) is 6.04. The van der Waals surface area contributed by atoms with E-state index < -0.39 is 6.04 Å². The van der Waals surface area contributed by atoms with Crippen molar-refractivity contribution in [2.75, 3.05) is 10.6 Å². The van der Waals surface area contributed by atoms with Gasteiger partial charge in [-0.05, 0) is 18.6 Å². The Balaban J connectivity index is 0.00000288. The average molecular weight is 369 g/mol. The highest BCUT2D eigenvalue weighted by atomic mass is 35.5. The van der Waals surface area contributed by atoms with Crippen LogP contribution in [0.5, 0.6) is 0 Å². The fourth-order valence-electron chi connectivity index (χ4n) is 2.03. The van der Waals surface area contributed by atoms with Gasteiger partial charge in [0.1, 0.15) is 0 Å². The summed E-state index contributed by atoms with van der Waals surface area (Å²) in [5.74, 6) is -0.325. The van der Waals surface area contributed by atoms with Crippen LogP contribution in [0, 0.1) is 0 Å². The SMILES string of the molecule is CCCC(N)C(=O)Nc1nc(-c2ccc(NC(C)=O)cc2)cs1.Cl. The summed E-state index contributed by atoms with van der Waals surface area (Å²) in [6.45, 7) is 3.45. The second-order valence-electron chi connectivity index (χ2n) is 5.18. The molecule has 1 unspecified atom stereocenters. The molecular weight excluding hydrogens is 348 g/mol. The van der Waals surface area contributed by atoms with Gasteiger partial charge in [-0.3, -0.25) is 9.59 Å². The highest BCUT2D eigenvalue weighted by molar-refractivity contribution is 7.14. The van der Waals surface area contributed by atoms with Gasteiger partial charge in [0, 0.05) is 23.6 Å². The summed E-state index contributed by atoms with van der Waals surface area (Å²) in [7, 11) is 0. The number of carbonyl (C=O) groups excluding carboxylic acids is 2. The zero-order valence-electron chi connectivity index (χ0n) is 13.5. The van der Waals surface area contributed by atoms with Crippen LogP contribution in [0.15, 0.2) is 29.6 Å². The minimum Gasteiger partial charge on any atom is -0.326 e. The standard InChI is InChI=1S/C16H20N4O2S.ClH/c1-3-4-13(17)15(22)20-16-19-14(9-23-16)11-5-7-12(8-6-11)18-10(2)21;/h5-9,13H,3-4,17H2,1-2H3,(H,18,21)(H,19,20,22);1H. The summed E-state index contributed by atoms with van der Waals surface area (Å²) in [5.41, 5.74) is 8.19. The molecular formula is C16H21ClN4O2S. The molecule has 0 radical (unpaired) electrons. The molecule has 0 aliphatic carbocycles. The lowest BCUT2D eigenvalue weighted by Gasteiger charge is -2.08. The largest absolute Gasteiger partial charge is 0.326 e. The second kappa shape index (κ2) is 9.36. The Kier molecular flexibility index (Phi) is 7.84. The molecule has 1 atom stereocenters. The first kappa shape index (κ1) is 20.1. The van der Waals surface area contributed by atoms with Gasteiger partial charge in [-0.15, -0.1) is 23.7 Å². The number of hydrogen-bond donors (Lipinski definition) is 3. The van der Waals surface area contributed by atoms with Crippen LogP contribution in [0.25, 0.3) is 11.3 Å². The van der Waals surface area contributed by atoms with E-state index in [1.54, 1.807) is 0 Å². The molecule has 130 valence electrons. The molecule has 8 heteroatoms. The molecule has 24 heavy (non-hydrogen) atoms. The van der Waals surface area contributed by atoms with Crippen LogP contribution < -0.4 is 16.4 Å². The molecule has 0 fully saturated rings. The van der Waals surface area contributed by atoms with Gasteiger partial charge in [0.25, 0.3) is 0 Å². The van der Waals surface area contributed by atoms with E-state index in [0.29, 0.717) is 11.6 Å². The number of amides is 2. The highest BCUT2D eigenvalue weighted by Gasteiger charge is 2.14. The van der Waals surface area contributed by atoms with Gasteiger partial charge in [-0.2, -0.15) is 0 Å². The van der Waals surface area contributed by atoms with Crippen molar-refractivity contribution in [1.82, 2.24) is 4.98 Å². The predicted octanol–water partition coefficient (Wildman–Crippen LogP) is 3.26. The van der Waals surface area contributed by atoms with E-state index >= 15 is 0 Å². The Hall–Kier alpha value is -1.96. The summed E-state index contributed by atoms with van der Waals surface area (Å²) >= 11 is 1.35. The monoisotopic (exact) mass is 368 g/mol. The molecule has 4 N–H and O–H groups in total. The number of rotatable bonds is 6. The maximum Gasteiger partial charge on any atom is 0.243 e. The van der Waals surface area contributed by atoms with Gasteiger partial charge in [-0.25, -0.2) is 4.98 Å². The smallest absolute Gasteiger partial charge is 0.243 e. The number of aromatic nitrogens is 1. The highest BCUT2D eigenvalue weighted by Crippen LogP contribution is 2.26. The third-order valence-electron chi connectivity index (χ3n) is 3.17.